The van der Waals surface area contributed by atoms with Crippen molar-refractivity contribution < 1.29 is 23.8 Å². The molecule has 2 aliphatic rings. The molecule has 3 heterocycles. The number of carbonyl (C=O) groups excluding carboxylic acids is 2. The van der Waals surface area contributed by atoms with E-state index in [1.165, 1.54) is 12.5 Å². The van der Waals surface area contributed by atoms with E-state index in [9.17, 15) is 14.7 Å². The minimum atomic E-state index is -0.837. The number of likely N-dealkylation sites (tertiary alicyclic amines) is 1. The minimum Gasteiger partial charge on any atom is -0.472 e. The number of piperidine rings is 1. The fourth-order valence-corrected chi connectivity index (χ4v) is 4.20. The third-order valence-corrected chi connectivity index (χ3v) is 5.81. The van der Waals surface area contributed by atoms with E-state index in [1.807, 2.05) is 20.8 Å². The second-order valence-corrected chi connectivity index (χ2v) is 8.45. The van der Waals surface area contributed by atoms with Crippen LogP contribution in [0.5, 0.6) is 0 Å². The van der Waals surface area contributed by atoms with Gasteiger partial charge in [-0.2, -0.15) is 0 Å². The minimum absolute atomic E-state index is 0.00766. The first-order valence-electron chi connectivity index (χ1n) is 9.92. The summed E-state index contributed by atoms with van der Waals surface area (Å²) in [6.45, 7) is 7.87. The molecule has 3 rings (SSSR count). The molecule has 0 aromatic carbocycles. The molecule has 1 spiro atoms. The van der Waals surface area contributed by atoms with Crippen LogP contribution in [0.2, 0.25) is 0 Å². The van der Waals surface area contributed by atoms with Crippen LogP contribution < -0.4 is 10.6 Å². The Morgan fingerprint density at radius 2 is 2.04 bits per heavy atom. The molecule has 2 atom stereocenters. The van der Waals surface area contributed by atoms with Gasteiger partial charge in [0, 0.05) is 25.7 Å². The van der Waals surface area contributed by atoms with Crippen molar-refractivity contribution in [2.75, 3.05) is 26.2 Å². The quantitative estimate of drug-likeness (QED) is 0.687. The number of furan rings is 1. The summed E-state index contributed by atoms with van der Waals surface area (Å²) in [5.41, 5.74) is -1.06. The maximum Gasteiger partial charge on any atom is 0.255 e. The lowest BCUT2D eigenvalue weighted by atomic mass is 9.73. The molecule has 1 aromatic heterocycles. The van der Waals surface area contributed by atoms with Crippen molar-refractivity contribution in [2.45, 2.75) is 63.3 Å². The molecule has 28 heavy (non-hydrogen) atoms. The summed E-state index contributed by atoms with van der Waals surface area (Å²) in [6, 6.07) is 1.72. The topological polar surface area (TPSA) is 104 Å². The largest absolute Gasteiger partial charge is 0.472 e. The smallest absolute Gasteiger partial charge is 0.255 e. The van der Waals surface area contributed by atoms with E-state index in [4.69, 9.17) is 9.15 Å². The molecule has 2 aliphatic heterocycles. The number of hydrogen-bond acceptors (Lipinski definition) is 6. The molecular weight excluding hydrogens is 362 g/mol. The monoisotopic (exact) mass is 393 g/mol. The fraction of sp³-hybridized carbons (Fsp3) is 0.700. The highest BCUT2D eigenvalue weighted by molar-refractivity contribution is 5.94. The van der Waals surface area contributed by atoms with Gasteiger partial charge in [-0.1, -0.05) is 0 Å². The van der Waals surface area contributed by atoms with E-state index in [2.05, 4.69) is 15.5 Å². The fourth-order valence-electron chi connectivity index (χ4n) is 4.20. The highest BCUT2D eigenvalue weighted by Crippen LogP contribution is 2.40. The highest BCUT2D eigenvalue weighted by Gasteiger charge is 2.53. The van der Waals surface area contributed by atoms with Gasteiger partial charge in [0.15, 0.2) is 0 Å². The lowest BCUT2D eigenvalue weighted by molar-refractivity contribution is -0.205. The Morgan fingerprint density at radius 1 is 1.32 bits per heavy atom. The molecule has 0 bridgehead atoms. The van der Waals surface area contributed by atoms with Crippen molar-refractivity contribution in [3.63, 3.8) is 0 Å². The lowest BCUT2D eigenvalue weighted by Gasteiger charge is -2.53. The summed E-state index contributed by atoms with van der Waals surface area (Å²) in [4.78, 5) is 26.6. The lowest BCUT2D eigenvalue weighted by Crippen LogP contribution is -2.69. The molecule has 0 saturated carbocycles. The average molecular weight is 393 g/mol. The van der Waals surface area contributed by atoms with Crippen LogP contribution in [-0.2, 0) is 9.53 Å². The molecule has 2 amide bonds. The van der Waals surface area contributed by atoms with Gasteiger partial charge >= 0.3 is 0 Å². The molecule has 2 saturated heterocycles. The predicted molar refractivity (Wildman–Crippen MR) is 103 cm³/mol. The van der Waals surface area contributed by atoms with Crippen molar-refractivity contribution in [3.05, 3.63) is 24.2 Å². The maximum absolute atomic E-state index is 12.5. The summed E-state index contributed by atoms with van der Waals surface area (Å²) < 4.78 is 11.0. The van der Waals surface area contributed by atoms with Crippen LogP contribution in [0.4, 0.5) is 0 Å². The van der Waals surface area contributed by atoms with Crippen LogP contribution in [0.1, 0.15) is 50.4 Å². The molecule has 3 N–H and O–H groups in total. The molecule has 156 valence electrons. The molecule has 8 nitrogen and oxygen atoms in total. The number of ether oxygens (including phenoxy) is 1. The number of nitrogens with one attached hydrogen (secondary N) is 2. The molecular formula is C20H31N3O5. The number of hydrogen-bond donors (Lipinski definition) is 3. The van der Waals surface area contributed by atoms with Crippen LogP contribution in [0.25, 0.3) is 0 Å². The Hall–Kier alpha value is -1.90. The van der Waals surface area contributed by atoms with E-state index in [-0.39, 0.29) is 17.9 Å². The van der Waals surface area contributed by atoms with Gasteiger partial charge in [-0.05, 0) is 46.1 Å². The first kappa shape index (κ1) is 20.8. The molecule has 2 fully saturated rings. The van der Waals surface area contributed by atoms with Crippen molar-refractivity contribution in [2.24, 2.45) is 0 Å². The van der Waals surface area contributed by atoms with E-state index < -0.39 is 17.2 Å². The van der Waals surface area contributed by atoms with Crippen LogP contribution in [0.15, 0.2) is 23.0 Å². The number of aliphatic hydroxyl groups excluding tert-OH is 1. The molecule has 8 heteroatoms. The summed E-state index contributed by atoms with van der Waals surface area (Å²) in [6.07, 6.45) is 3.75. The van der Waals surface area contributed by atoms with Crippen LogP contribution >= 0.6 is 0 Å². The average Bonchev–Trinajstić information content (AvgIpc) is 3.16. The molecule has 1 aromatic rings. The Labute approximate surface area is 165 Å². The Balaban J connectivity index is 1.61. The van der Waals surface area contributed by atoms with Gasteiger partial charge < -0.3 is 24.9 Å². The molecule has 0 aliphatic carbocycles. The van der Waals surface area contributed by atoms with Crippen LogP contribution in [-0.4, -0.2) is 71.3 Å². The standard InChI is InChI=1S/C20H31N3O5/c1-14(2)21-16(24)12-23-8-5-20(6-9-23)18(26)19(3,7-11-28-20)22-17(25)15-4-10-27-13-15/h4,10,13-14,18,26H,5-9,11-12H2,1-3H3,(H,21,24)(H,22,25)/t18-,19+/m1/s1. The van der Waals surface area contributed by atoms with Crippen molar-refractivity contribution in [3.8, 4) is 0 Å². The van der Waals surface area contributed by atoms with E-state index >= 15 is 0 Å². The Kier molecular flexibility index (Phi) is 6.12. The van der Waals surface area contributed by atoms with Gasteiger partial charge in [-0.3, -0.25) is 14.5 Å². The summed E-state index contributed by atoms with van der Waals surface area (Å²) >= 11 is 0. The zero-order valence-electron chi connectivity index (χ0n) is 16.9. The number of rotatable bonds is 5. The summed E-state index contributed by atoms with van der Waals surface area (Å²) in [7, 11) is 0. The van der Waals surface area contributed by atoms with E-state index in [0.29, 0.717) is 51.1 Å². The van der Waals surface area contributed by atoms with Crippen molar-refractivity contribution in [1.29, 1.82) is 0 Å². The van der Waals surface area contributed by atoms with Gasteiger partial charge in [-0.25, -0.2) is 0 Å². The van der Waals surface area contributed by atoms with Gasteiger partial charge in [0.1, 0.15) is 12.4 Å². The first-order chi connectivity index (χ1) is 13.2. The third-order valence-electron chi connectivity index (χ3n) is 5.81. The molecule has 0 radical (unpaired) electrons. The van der Waals surface area contributed by atoms with Gasteiger partial charge in [0.2, 0.25) is 5.91 Å². The third kappa shape index (κ3) is 4.39. The summed E-state index contributed by atoms with van der Waals surface area (Å²) in [5.74, 6) is -0.261. The summed E-state index contributed by atoms with van der Waals surface area (Å²) in [5, 5.41) is 17.1. The Bertz CT molecular complexity index is 682. The number of aliphatic hydroxyl groups is 1. The number of amides is 2. The van der Waals surface area contributed by atoms with Crippen molar-refractivity contribution in [1.82, 2.24) is 15.5 Å². The van der Waals surface area contributed by atoms with Gasteiger partial charge in [0.25, 0.3) is 5.91 Å². The maximum atomic E-state index is 12.5. The van der Waals surface area contributed by atoms with Crippen LogP contribution in [0.3, 0.4) is 0 Å². The highest BCUT2D eigenvalue weighted by atomic mass is 16.5. The normalized spacial score (nSPS) is 27.7. The number of carbonyl (C=O) groups is 2. The van der Waals surface area contributed by atoms with Gasteiger partial charge in [-0.15, -0.1) is 0 Å². The van der Waals surface area contributed by atoms with E-state index in [0.717, 1.165) is 0 Å². The van der Waals surface area contributed by atoms with E-state index in [1.54, 1.807) is 6.07 Å². The second-order valence-electron chi connectivity index (χ2n) is 8.45. The van der Waals surface area contributed by atoms with Gasteiger partial charge in [0.05, 0.1) is 29.5 Å². The molecule has 0 unspecified atom stereocenters. The predicted octanol–water partition coefficient (Wildman–Crippen LogP) is 0.909. The van der Waals surface area contributed by atoms with Crippen LogP contribution in [0, 0.1) is 0 Å². The first-order valence-corrected chi connectivity index (χ1v) is 9.92. The Morgan fingerprint density at radius 3 is 2.64 bits per heavy atom. The zero-order valence-corrected chi connectivity index (χ0v) is 16.9. The van der Waals surface area contributed by atoms with Crippen molar-refractivity contribution >= 4 is 11.8 Å². The number of nitrogens with zero attached hydrogens (tertiary/aromatic N) is 1. The second kappa shape index (κ2) is 8.23. The zero-order chi connectivity index (χ0) is 20.4. The SMILES string of the molecule is CC(C)NC(=O)CN1CCC2(CC1)OCC[C@](C)(NC(=O)c1ccoc1)[C@H]2O.